The molecular weight excluding hydrogens is 336 g/mol. The number of hydrogen-bond donors (Lipinski definition) is 0. The monoisotopic (exact) mass is 360 g/mol. The van der Waals surface area contributed by atoms with Crippen LogP contribution in [0.15, 0.2) is 24.3 Å². The number of nitrogens with zero attached hydrogens (tertiary/aromatic N) is 4. The molecule has 0 bridgehead atoms. The molecule has 2 saturated heterocycles. The second kappa shape index (κ2) is 7.82. The maximum Gasteiger partial charge on any atom is 0.282 e. The Kier molecular flexibility index (Phi) is 5.51. The van der Waals surface area contributed by atoms with Crippen LogP contribution in [0.1, 0.15) is 23.2 Å². The number of nitro benzene ring substituents is 1. The van der Waals surface area contributed by atoms with Crippen molar-refractivity contribution >= 4 is 17.5 Å². The molecule has 2 aliphatic rings. The molecule has 0 radical (unpaired) electrons. The van der Waals surface area contributed by atoms with Gasteiger partial charge in [0.2, 0.25) is 5.91 Å². The molecule has 1 aromatic carbocycles. The molecule has 140 valence electrons. The Morgan fingerprint density at radius 3 is 2.23 bits per heavy atom. The van der Waals surface area contributed by atoms with Gasteiger partial charge in [-0.25, -0.2) is 0 Å². The zero-order chi connectivity index (χ0) is 18.7. The SMILES string of the molecule is CN1CCN(C(=O)C2CCN(C(=O)c3ccccc3[N+](=O)[O-])CC2)CC1. The van der Waals surface area contributed by atoms with Crippen LogP contribution in [0.25, 0.3) is 0 Å². The Morgan fingerprint density at radius 1 is 1.00 bits per heavy atom. The second-order valence-corrected chi connectivity index (χ2v) is 6.97. The summed E-state index contributed by atoms with van der Waals surface area (Å²) in [7, 11) is 2.05. The van der Waals surface area contributed by atoms with Gasteiger partial charge in [0.15, 0.2) is 0 Å². The first-order valence-electron chi connectivity index (χ1n) is 8.97. The summed E-state index contributed by atoms with van der Waals surface area (Å²) in [5.74, 6) is -0.216. The van der Waals surface area contributed by atoms with Gasteiger partial charge in [-0.3, -0.25) is 19.7 Å². The lowest BCUT2D eigenvalue weighted by Crippen LogP contribution is -2.51. The van der Waals surface area contributed by atoms with Crippen molar-refractivity contribution in [3.63, 3.8) is 0 Å². The number of likely N-dealkylation sites (tertiary alicyclic amines) is 1. The van der Waals surface area contributed by atoms with Crippen LogP contribution >= 0.6 is 0 Å². The predicted molar refractivity (Wildman–Crippen MR) is 95.8 cm³/mol. The number of carbonyl (C=O) groups excluding carboxylic acids is 2. The van der Waals surface area contributed by atoms with Crippen LogP contribution in [-0.2, 0) is 4.79 Å². The highest BCUT2D eigenvalue weighted by Crippen LogP contribution is 2.25. The van der Waals surface area contributed by atoms with Crippen LogP contribution in [0.5, 0.6) is 0 Å². The fraction of sp³-hybridized carbons (Fsp3) is 0.556. The van der Waals surface area contributed by atoms with E-state index < -0.39 is 4.92 Å². The third-order valence-corrected chi connectivity index (χ3v) is 5.28. The molecule has 0 spiro atoms. The topological polar surface area (TPSA) is 87.0 Å². The van der Waals surface area contributed by atoms with Crippen molar-refractivity contribution in [1.82, 2.24) is 14.7 Å². The average Bonchev–Trinajstić information content (AvgIpc) is 2.67. The maximum atomic E-state index is 12.7. The number of piperazine rings is 1. The number of piperidine rings is 1. The van der Waals surface area contributed by atoms with E-state index in [0.717, 1.165) is 26.2 Å². The molecule has 2 aliphatic heterocycles. The summed E-state index contributed by atoms with van der Waals surface area (Å²) in [6, 6.07) is 6.01. The van der Waals surface area contributed by atoms with Crippen molar-refractivity contribution in [2.24, 2.45) is 5.92 Å². The van der Waals surface area contributed by atoms with E-state index in [2.05, 4.69) is 11.9 Å². The number of nitro groups is 1. The second-order valence-electron chi connectivity index (χ2n) is 6.97. The summed E-state index contributed by atoms with van der Waals surface area (Å²) in [5.41, 5.74) is -0.0607. The van der Waals surface area contributed by atoms with Gasteiger partial charge in [-0.2, -0.15) is 0 Å². The number of hydrogen-bond acceptors (Lipinski definition) is 5. The highest BCUT2D eigenvalue weighted by molar-refractivity contribution is 5.98. The minimum Gasteiger partial charge on any atom is -0.340 e. The van der Waals surface area contributed by atoms with Crippen LogP contribution in [0.4, 0.5) is 5.69 Å². The van der Waals surface area contributed by atoms with Gasteiger partial charge in [0, 0.05) is 51.3 Å². The van der Waals surface area contributed by atoms with Crippen molar-refractivity contribution in [1.29, 1.82) is 0 Å². The lowest BCUT2D eigenvalue weighted by atomic mass is 9.94. The van der Waals surface area contributed by atoms with Gasteiger partial charge in [0.1, 0.15) is 5.56 Å². The molecule has 0 atom stereocenters. The van der Waals surface area contributed by atoms with E-state index in [-0.39, 0.29) is 29.0 Å². The van der Waals surface area contributed by atoms with Gasteiger partial charge in [0.25, 0.3) is 11.6 Å². The van der Waals surface area contributed by atoms with E-state index in [1.807, 2.05) is 4.90 Å². The van der Waals surface area contributed by atoms with Gasteiger partial charge >= 0.3 is 0 Å². The van der Waals surface area contributed by atoms with Crippen molar-refractivity contribution in [3.8, 4) is 0 Å². The normalized spacial score (nSPS) is 19.4. The molecule has 8 nitrogen and oxygen atoms in total. The van der Waals surface area contributed by atoms with Gasteiger partial charge in [-0.05, 0) is 26.0 Å². The van der Waals surface area contributed by atoms with Crippen LogP contribution in [0.2, 0.25) is 0 Å². The standard InChI is InChI=1S/C18H24N4O4/c1-19-10-12-21(13-11-19)17(23)14-6-8-20(9-7-14)18(24)15-4-2-3-5-16(15)22(25)26/h2-5,14H,6-13H2,1H3. The Morgan fingerprint density at radius 2 is 1.62 bits per heavy atom. The zero-order valence-electron chi connectivity index (χ0n) is 15.0. The summed E-state index contributed by atoms with van der Waals surface area (Å²) in [6.45, 7) is 4.20. The average molecular weight is 360 g/mol. The van der Waals surface area contributed by atoms with E-state index in [1.165, 1.54) is 12.1 Å². The lowest BCUT2D eigenvalue weighted by molar-refractivity contribution is -0.385. The predicted octanol–water partition coefficient (Wildman–Crippen LogP) is 1.22. The third-order valence-electron chi connectivity index (χ3n) is 5.28. The lowest BCUT2D eigenvalue weighted by Gasteiger charge is -2.37. The third kappa shape index (κ3) is 3.85. The summed E-state index contributed by atoms with van der Waals surface area (Å²) >= 11 is 0. The van der Waals surface area contributed by atoms with Crippen LogP contribution < -0.4 is 0 Å². The summed E-state index contributed by atoms with van der Waals surface area (Å²) in [6.07, 6.45) is 1.22. The first kappa shape index (κ1) is 18.3. The molecule has 8 heteroatoms. The summed E-state index contributed by atoms with van der Waals surface area (Å²) < 4.78 is 0. The first-order valence-corrected chi connectivity index (χ1v) is 8.97. The molecular formula is C18H24N4O4. The van der Waals surface area contributed by atoms with Crippen molar-refractivity contribution in [2.75, 3.05) is 46.3 Å². The fourth-order valence-electron chi connectivity index (χ4n) is 3.60. The van der Waals surface area contributed by atoms with Gasteiger partial charge in [0.05, 0.1) is 4.92 Å². The summed E-state index contributed by atoms with van der Waals surface area (Å²) in [5, 5.41) is 11.1. The molecule has 1 aromatic rings. The number of benzene rings is 1. The molecule has 2 amide bonds. The van der Waals surface area contributed by atoms with Crippen LogP contribution in [-0.4, -0.2) is 77.8 Å². The smallest absolute Gasteiger partial charge is 0.282 e. The molecule has 0 N–H and O–H groups in total. The molecule has 26 heavy (non-hydrogen) atoms. The molecule has 3 rings (SSSR count). The Labute approximate surface area is 152 Å². The molecule has 0 aromatic heterocycles. The Hall–Kier alpha value is -2.48. The Bertz CT molecular complexity index is 692. The van der Waals surface area contributed by atoms with Crippen molar-refractivity contribution in [3.05, 3.63) is 39.9 Å². The fourth-order valence-corrected chi connectivity index (χ4v) is 3.60. The van der Waals surface area contributed by atoms with E-state index >= 15 is 0 Å². The molecule has 0 unspecified atom stereocenters. The number of rotatable bonds is 3. The van der Waals surface area contributed by atoms with Crippen molar-refractivity contribution in [2.45, 2.75) is 12.8 Å². The first-order chi connectivity index (χ1) is 12.5. The number of para-hydroxylation sites is 1. The maximum absolute atomic E-state index is 12.7. The number of amides is 2. The molecule has 2 heterocycles. The van der Waals surface area contributed by atoms with Crippen molar-refractivity contribution < 1.29 is 14.5 Å². The van der Waals surface area contributed by atoms with E-state index in [4.69, 9.17) is 0 Å². The Balaban J connectivity index is 1.59. The quantitative estimate of drug-likeness (QED) is 0.597. The van der Waals surface area contributed by atoms with Gasteiger partial charge in [-0.1, -0.05) is 12.1 Å². The van der Waals surface area contributed by atoms with Gasteiger partial charge < -0.3 is 14.7 Å². The summed E-state index contributed by atoms with van der Waals surface area (Å²) in [4.78, 5) is 41.7. The zero-order valence-corrected chi connectivity index (χ0v) is 15.0. The molecule has 0 aliphatic carbocycles. The van der Waals surface area contributed by atoms with Gasteiger partial charge in [-0.15, -0.1) is 0 Å². The number of likely N-dealkylation sites (N-methyl/N-ethyl adjacent to an activating group) is 1. The minimum absolute atomic E-state index is 0.0618. The minimum atomic E-state index is -0.531. The van der Waals surface area contributed by atoms with E-state index in [0.29, 0.717) is 25.9 Å². The van der Waals surface area contributed by atoms with E-state index in [9.17, 15) is 19.7 Å². The number of carbonyl (C=O) groups is 2. The highest BCUT2D eigenvalue weighted by Gasteiger charge is 2.33. The highest BCUT2D eigenvalue weighted by atomic mass is 16.6. The molecule has 2 fully saturated rings. The molecule has 0 saturated carbocycles. The van der Waals surface area contributed by atoms with Crippen LogP contribution in [0.3, 0.4) is 0 Å². The largest absolute Gasteiger partial charge is 0.340 e. The van der Waals surface area contributed by atoms with Crippen LogP contribution in [0, 0.1) is 16.0 Å². The van der Waals surface area contributed by atoms with E-state index in [1.54, 1.807) is 17.0 Å².